The van der Waals surface area contributed by atoms with Crippen molar-refractivity contribution in [3.63, 3.8) is 0 Å². The summed E-state index contributed by atoms with van der Waals surface area (Å²) in [5.41, 5.74) is -0.750. The van der Waals surface area contributed by atoms with E-state index in [1.165, 1.54) is 0 Å². The summed E-state index contributed by atoms with van der Waals surface area (Å²) in [6.07, 6.45) is 0. The van der Waals surface area contributed by atoms with Crippen LogP contribution in [0.1, 0.15) is 13.8 Å². The van der Waals surface area contributed by atoms with Crippen LogP contribution in [0, 0.1) is 5.41 Å². The second kappa shape index (κ2) is 3.01. The lowest BCUT2D eigenvalue weighted by molar-refractivity contribution is -0.145. The third-order valence-electron chi connectivity index (χ3n) is 1.10. The molecule has 1 N–H and O–H groups in total. The first kappa shape index (κ1) is 9.43. The molecule has 0 heterocycles. The Hall–Kier alpha value is 0.430. The largest absolute Gasteiger partial charge is 0.481 e. The van der Waals surface area contributed by atoms with E-state index in [2.05, 4.69) is 31.9 Å². The Kier molecular flexibility index (Phi) is 3.16. The van der Waals surface area contributed by atoms with Crippen LogP contribution in [0.2, 0.25) is 0 Å². The maximum atomic E-state index is 10.4. The minimum absolute atomic E-state index is 0.185. The average Bonchev–Trinajstić information content (AvgIpc) is 1.65. The van der Waals surface area contributed by atoms with E-state index < -0.39 is 11.4 Å². The number of hydrogen-bond donors (Lipinski definition) is 1. The normalized spacial score (nSPS) is 12.1. The van der Waals surface area contributed by atoms with Crippen LogP contribution in [0.3, 0.4) is 0 Å². The molecule has 0 aliphatic heterocycles. The zero-order valence-corrected chi connectivity index (χ0v) is 8.36. The maximum absolute atomic E-state index is 10.4. The molecule has 0 rings (SSSR count). The average molecular weight is 260 g/mol. The summed E-state index contributed by atoms with van der Waals surface area (Å²) >= 11 is 6.26. The van der Waals surface area contributed by atoms with Gasteiger partial charge in [-0.3, -0.25) is 4.79 Å². The summed E-state index contributed by atoms with van der Waals surface area (Å²) < 4.78 is -0.185. The summed E-state index contributed by atoms with van der Waals surface area (Å²) in [4.78, 5) is 10.4. The van der Waals surface area contributed by atoms with Gasteiger partial charge in [-0.05, 0) is 13.8 Å². The van der Waals surface area contributed by atoms with Gasteiger partial charge in [-0.15, -0.1) is 0 Å². The van der Waals surface area contributed by atoms with E-state index in [0.717, 1.165) is 0 Å². The molecule has 0 aromatic heterocycles. The third-order valence-corrected chi connectivity index (χ3v) is 3.39. The van der Waals surface area contributed by atoms with Crippen LogP contribution in [0.5, 0.6) is 0 Å². The number of rotatable bonds is 2. The fraction of sp³-hybridized carbons (Fsp3) is 0.800. The number of halogens is 2. The van der Waals surface area contributed by atoms with E-state index >= 15 is 0 Å². The summed E-state index contributed by atoms with van der Waals surface area (Å²) in [6.45, 7) is 3.28. The monoisotopic (exact) mass is 258 g/mol. The van der Waals surface area contributed by atoms with Crippen LogP contribution < -0.4 is 0 Å². The summed E-state index contributed by atoms with van der Waals surface area (Å²) in [7, 11) is 0. The number of carboxylic acid groups (broad SMARTS) is 1. The van der Waals surface area contributed by atoms with Crippen LogP contribution in [-0.2, 0) is 4.79 Å². The molecule has 4 heteroatoms. The molecule has 0 radical (unpaired) electrons. The van der Waals surface area contributed by atoms with Gasteiger partial charge in [-0.25, -0.2) is 0 Å². The molecular formula is C5H8Br2O2. The fourth-order valence-electron chi connectivity index (χ4n) is 0.0933. The Morgan fingerprint density at radius 2 is 1.89 bits per heavy atom. The number of carboxylic acids is 1. The van der Waals surface area contributed by atoms with E-state index in [1.54, 1.807) is 13.8 Å². The van der Waals surface area contributed by atoms with Gasteiger partial charge in [0, 0.05) is 0 Å². The van der Waals surface area contributed by atoms with Crippen molar-refractivity contribution in [2.24, 2.45) is 5.41 Å². The molecule has 0 fully saturated rings. The second-order valence-corrected chi connectivity index (χ2v) is 5.39. The van der Waals surface area contributed by atoms with Crippen molar-refractivity contribution in [1.29, 1.82) is 0 Å². The highest BCUT2D eigenvalue weighted by atomic mass is 79.9. The van der Waals surface area contributed by atoms with Crippen LogP contribution in [0.25, 0.3) is 0 Å². The van der Waals surface area contributed by atoms with Gasteiger partial charge in [0.25, 0.3) is 0 Å². The molecule has 9 heavy (non-hydrogen) atoms. The third kappa shape index (κ3) is 2.26. The first-order chi connectivity index (χ1) is 3.89. The molecule has 2 nitrogen and oxygen atoms in total. The minimum atomic E-state index is -0.818. The van der Waals surface area contributed by atoms with Crippen molar-refractivity contribution in [3.8, 4) is 0 Å². The van der Waals surface area contributed by atoms with Crippen molar-refractivity contribution in [2.45, 2.75) is 17.6 Å². The SMILES string of the molecule is CC(C)(C(=O)O)C(Br)Br. The molecule has 0 atom stereocenters. The van der Waals surface area contributed by atoms with E-state index in [9.17, 15) is 4.79 Å². The first-order valence-corrected chi connectivity index (χ1v) is 4.23. The van der Waals surface area contributed by atoms with Crippen molar-refractivity contribution in [1.82, 2.24) is 0 Å². The molecule has 0 bridgehead atoms. The standard InChI is InChI=1S/C5H8Br2O2/c1-5(2,3(6)7)4(8)9/h3H,1-2H3,(H,8,9). The van der Waals surface area contributed by atoms with Gasteiger partial charge in [0.2, 0.25) is 0 Å². The molecule has 0 saturated carbocycles. The van der Waals surface area contributed by atoms with Crippen LogP contribution in [-0.4, -0.2) is 14.8 Å². The summed E-state index contributed by atoms with van der Waals surface area (Å²) in [6, 6.07) is 0. The highest BCUT2D eigenvalue weighted by Crippen LogP contribution is 2.31. The predicted molar refractivity (Wildman–Crippen MR) is 43.1 cm³/mol. The quantitative estimate of drug-likeness (QED) is 0.773. The maximum Gasteiger partial charge on any atom is 0.311 e. The molecule has 0 aromatic carbocycles. The molecule has 0 aliphatic carbocycles. The Balaban J connectivity index is 4.19. The first-order valence-electron chi connectivity index (χ1n) is 2.40. The van der Waals surface area contributed by atoms with Gasteiger partial charge in [-0.2, -0.15) is 0 Å². The Morgan fingerprint density at radius 1 is 1.56 bits per heavy atom. The number of aliphatic carboxylic acids is 1. The number of carbonyl (C=O) groups is 1. The van der Waals surface area contributed by atoms with Crippen LogP contribution in [0.4, 0.5) is 0 Å². The minimum Gasteiger partial charge on any atom is -0.481 e. The molecule has 0 aromatic rings. The predicted octanol–water partition coefficient (Wildman–Crippen LogP) is 2.21. The number of hydrogen-bond acceptors (Lipinski definition) is 1. The fourth-order valence-corrected chi connectivity index (χ4v) is 0.485. The summed E-state index contributed by atoms with van der Waals surface area (Å²) in [5.74, 6) is -0.818. The topological polar surface area (TPSA) is 37.3 Å². The smallest absolute Gasteiger partial charge is 0.311 e. The Morgan fingerprint density at radius 3 is 1.89 bits per heavy atom. The van der Waals surface area contributed by atoms with Gasteiger partial charge in [0.1, 0.15) is 0 Å². The highest BCUT2D eigenvalue weighted by molar-refractivity contribution is 9.24. The van der Waals surface area contributed by atoms with E-state index in [4.69, 9.17) is 5.11 Å². The summed E-state index contributed by atoms with van der Waals surface area (Å²) in [5, 5.41) is 8.55. The van der Waals surface area contributed by atoms with Crippen LogP contribution >= 0.6 is 31.9 Å². The number of alkyl halides is 2. The lowest BCUT2D eigenvalue weighted by Gasteiger charge is -2.19. The van der Waals surface area contributed by atoms with E-state index in [0.29, 0.717) is 0 Å². The highest BCUT2D eigenvalue weighted by Gasteiger charge is 2.33. The van der Waals surface area contributed by atoms with Crippen molar-refractivity contribution in [3.05, 3.63) is 0 Å². The van der Waals surface area contributed by atoms with Crippen LogP contribution in [0.15, 0.2) is 0 Å². The molecule has 0 spiro atoms. The lowest BCUT2D eigenvalue weighted by atomic mass is 9.97. The van der Waals surface area contributed by atoms with Crippen molar-refractivity contribution >= 4 is 37.8 Å². The van der Waals surface area contributed by atoms with Crippen molar-refractivity contribution < 1.29 is 9.90 Å². The molecular weight excluding hydrogens is 252 g/mol. The molecule has 54 valence electrons. The van der Waals surface area contributed by atoms with Gasteiger partial charge >= 0.3 is 5.97 Å². The van der Waals surface area contributed by atoms with Gasteiger partial charge in [0.15, 0.2) is 0 Å². The zero-order chi connectivity index (χ0) is 7.65. The second-order valence-electron chi connectivity index (χ2n) is 2.33. The van der Waals surface area contributed by atoms with Gasteiger partial charge in [0.05, 0.1) is 9.15 Å². The lowest BCUT2D eigenvalue weighted by Crippen LogP contribution is -2.29. The van der Waals surface area contributed by atoms with Gasteiger partial charge < -0.3 is 5.11 Å². The molecule has 0 unspecified atom stereocenters. The van der Waals surface area contributed by atoms with Crippen molar-refractivity contribution in [2.75, 3.05) is 0 Å². The Bertz CT molecular complexity index is 120. The van der Waals surface area contributed by atoms with E-state index in [-0.39, 0.29) is 3.74 Å². The zero-order valence-electron chi connectivity index (χ0n) is 5.19. The van der Waals surface area contributed by atoms with Gasteiger partial charge in [-0.1, -0.05) is 31.9 Å². The molecule has 0 aliphatic rings. The molecule has 0 amide bonds. The van der Waals surface area contributed by atoms with E-state index in [1.807, 2.05) is 0 Å². The Labute approximate surface area is 70.9 Å². The molecule has 0 saturated heterocycles.